The van der Waals surface area contributed by atoms with Crippen molar-refractivity contribution in [2.45, 2.75) is 32.4 Å². The van der Waals surface area contributed by atoms with Crippen LogP contribution < -0.4 is 0 Å². The van der Waals surface area contributed by atoms with E-state index < -0.39 is 14.0 Å². The lowest BCUT2D eigenvalue weighted by atomic mass is 10.1. The van der Waals surface area contributed by atoms with E-state index in [1.54, 1.807) is 17.8 Å². The van der Waals surface area contributed by atoms with Gasteiger partial charge in [-0.1, -0.05) is 37.8 Å². The second kappa shape index (κ2) is 8.34. The number of nitrogens with zero attached hydrogens (tertiary/aromatic N) is 3. The molecule has 3 aromatic rings. The van der Waals surface area contributed by atoms with Crippen LogP contribution in [0.2, 0.25) is 25.7 Å². The molecule has 0 atom stereocenters. The summed E-state index contributed by atoms with van der Waals surface area (Å²) in [5, 5.41) is 0.828. The molecule has 0 amide bonds. The standard InChI is InChI=1S/C21H27N3O4Si/c1-23-13-17(21(26)27-2)22-20(23)19(25)16-12-24(14-28-10-11-29(3,4)5)18-9-7-6-8-15(16)18/h6-9,12-13H,10-11,14H2,1-5H3. The van der Waals surface area contributed by atoms with Crippen LogP contribution in [0, 0.1) is 0 Å². The molecule has 0 saturated carbocycles. The van der Waals surface area contributed by atoms with Crippen LogP contribution in [0.4, 0.5) is 0 Å². The molecule has 2 heterocycles. The number of ketones is 1. The van der Waals surface area contributed by atoms with Crippen LogP contribution in [0.1, 0.15) is 26.7 Å². The molecular weight excluding hydrogens is 386 g/mol. The second-order valence-corrected chi connectivity index (χ2v) is 13.9. The van der Waals surface area contributed by atoms with Crippen LogP contribution in [0.3, 0.4) is 0 Å². The third-order valence-electron chi connectivity index (χ3n) is 4.73. The zero-order valence-electron chi connectivity index (χ0n) is 17.6. The van der Waals surface area contributed by atoms with E-state index in [0.717, 1.165) is 16.9 Å². The summed E-state index contributed by atoms with van der Waals surface area (Å²) in [4.78, 5) is 29.1. The van der Waals surface area contributed by atoms with Crippen molar-refractivity contribution in [1.82, 2.24) is 14.1 Å². The molecule has 0 aliphatic rings. The third-order valence-corrected chi connectivity index (χ3v) is 6.44. The van der Waals surface area contributed by atoms with Crippen LogP contribution in [0.15, 0.2) is 36.7 Å². The molecule has 0 spiro atoms. The average Bonchev–Trinajstić information content (AvgIpc) is 3.24. The Balaban J connectivity index is 1.89. The molecule has 0 aliphatic heterocycles. The maximum absolute atomic E-state index is 13.2. The quantitative estimate of drug-likeness (QED) is 0.244. The lowest BCUT2D eigenvalue weighted by molar-refractivity contribution is 0.0594. The summed E-state index contributed by atoms with van der Waals surface area (Å²) in [5.41, 5.74) is 1.56. The van der Waals surface area contributed by atoms with Crippen molar-refractivity contribution in [3.63, 3.8) is 0 Å². The molecule has 7 nitrogen and oxygen atoms in total. The SMILES string of the molecule is COC(=O)c1cn(C)c(C(=O)c2cn(COCC[Si](C)(C)C)c3ccccc23)n1. The Morgan fingerprint density at radius 1 is 1.14 bits per heavy atom. The Bertz CT molecular complexity index is 1050. The van der Waals surface area contributed by atoms with Gasteiger partial charge in [0, 0.05) is 39.5 Å². The van der Waals surface area contributed by atoms with E-state index >= 15 is 0 Å². The molecule has 154 valence electrons. The molecule has 0 N–H and O–H groups in total. The normalized spacial score (nSPS) is 11.8. The van der Waals surface area contributed by atoms with Crippen molar-refractivity contribution in [3.05, 3.63) is 53.7 Å². The first kappa shape index (κ1) is 21.0. The van der Waals surface area contributed by atoms with E-state index in [2.05, 4.69) is 24.6 Å². The van der Waals surface area contributed by atoms with Crippen molar-refractivity contribution in [1.29, 1.82) is 0 Å². The number of hydrogen-bond acceptors (Lipinski definition) is 5. The minimum absolute atomic E-state index is 0.108. The Kier molecular flexibility index (Phi) is 6.04. The van der Waals surface area contributed by atoms with E-state index in [1.165, 1.54) is 13.3 Å². The van der Waals surface area contributed by atoms with Gasteiger partial charge in [0.1, 0.15) is 6.73 Å². The van der Waals surface area contributed by atoms with Gasteiger partial charge in [0.25, 0.3) is 0 Å². The number of carbonyl (C=O) groups excluding carboxylic acids is 2. The topological polar surface area (TPSA) is 75.3 Å². The Morgan fingerprint density at radius 2 is 1.86 bits per heavy atom. The number of hydrogen-bond donors (Lipinski definition) is 0. The molecule has 0 aliphatic carbocycles. The largest absolute Gasteiger partial charge is 0.464 e. The maximum atomic E-state index is 13.2. The van der Waals surface area contributed by atoms with Gasteiger partial charge in [-0.3, -0.25) is 4.79 Å². The second-order valence-electron chi connectivity index (χ2n) is 8.26. The molecule has 0 fully saturated rings. The minimum atomic E-state index is -1.16. The van der Waals surface area contributed by atoms with Gasteiger partial charge in [-0.2, -0.15) is 0 Å². The molecule has 29 heavy (non-hydrogen) atoms. The van der Waals surface area contributed by atoms with Gasteiger partial charge in [0.15, 0.2) is 11.5 Å². The fraction of sp³-hybridized carbons (Fsp3) is 0.381. The van der Waals surface area contributed by atoms with Crippen molar-refractivity contribution >= 4 is 30.7 Å². The van der Waals surface area contributed by atoms with Crippen molar-refractivity contribution in [2.75, 3.05) is 13.7 Å². The van der Waals surface area contributed by atoms with E-state index in [0.29, 0.717) is 18.9 Å². The number of methoxy groups -OCH3 is 1. The molecule has 1 aromatic carbocycles. The molecule has 3 rings (SSSR count). The van der Waals surface area contributed by atoms with Crippen LogP contribution in [0.25, 0.3) is 10.9 Å². The van der Waals surface area contributed by atoms with E-state index in [4.69, 9.17) is 9.47 Å². The Morgan fingerprint density at radius 3 is 2.55 bits per heavy atom. The van der Waals surface area contributed by atoms with Crippen LogP contribution >= 0.6 is 0 Å². The number of imidazole rings is 1. The summed E-state index contributed by atoms with van der Waals surface area (Å²) in [5.74, 6) is -0.634. The van der Waals surface area contributed by atoms with Crippen LogP contribution in [-0.4, -0.2) is 47.7 Å². The van der Waals surface area contributed by atoms with Crippen molar-refractivity contribution in [3.8, 4) is 0 Å². The molecular formula is C21H27N3O4Si. The molecule has 0 unspecified atom stereocenters. The Labute approximate surface area is 171 Å². The molecule has 8 heteroatoms. The highest BCUT2D eigenvalue weighted by Gasteiger charge is 2.23. The van der Waals surface area contributed by atoms with Gasteiger partial charge in [-0.15, -0.1) is 0 Å². The predicted molar refractivity (Wildman–Crippen MR) is 114 cm³/mol. The van der Waals surface area contributed by atoms with Gasteiger partial charge >= 0.3 is 5.97 Å². The average molecular weight is 414 g/mol. The summed E-state index contributed by atoms with van der Waals surface area (Å²) in [6, 6.07) is 8.79. The lowest BCUT2D eigenvalue weighted by Gasteiger charge is -2.15. The number of aromatic nitrogens is 3. The zero-order chi connectivity index (χ0) is 21.2. The monoisotopic (exact) mass is 413 g/mol. The number of aryl methyl sites for hydroxylation is 1. The van der Waals surface area contributed by atoms with Crippen molar-refractivity contribution in [2.24, 2.45) is 7.05 Å². The first-order valence-corrected chi connectivity index (χ1v) is 13.2. The van der Waals surface area contributed by atoms with Gasteiger partial charge in [0.05, 0.1) is 18.2 Å². The van der Waals surface area contributed by atoms with Crippen molar-refractivity contribution < 1.29 is 19.1 Å². The first-order chi connectivity index (χ1) is 13.7. The summed E-state index contributed by atoms with van der Waals surface area (Å²) in [7, 11) is 1.81. The highest BCUT2D eigenvalue weighted by molar-refractivity contribution is 6.76. The predicted octanol–water partition coefficient (Wildman–Crippen LogP) is 3.70. The highest BCUT2D eigenvalue weighted by atomic mass is 28.3. The van der Waals surface area contributed by atoms with Gasteiger partial charge in [-0.25, -0.2) is 9.78 Å². The number of esters is 1. The summed E-state index contributed by atoms with van der Waals surface area (Å²) >= 11 is 0. The van der Waals surface area contributed by atoms with E-state index in [-0.39, 0.29) is 17.3 Å². The van der Waals surface area contributed by atoms with Gasteiger partial charge in [0.2, 0.25) is 5.78 Å². The first-order valence-electron chi connectivity index (χ1n) is 9.53. The molecule has 0 saturated heterocycles. The van der Waals surface area contributed by atoms with E-state index in [9.17, 15) is 9.59 Å². The van der Waals surface area contributed by atoms with Gasteiger partial charge < -0.3 is 18.6 Å². The maximum Gasteiger partial charge on any atom is 0.358 e. The number of carbonyl (C=O) groups is 2. The highest BCUT2D eigenvalue weighted by Crippen LogP contribution is 2.24. The number of ether oxygens (including phenoxy) is 2. The number of fused-ring (bicyclic) bond motifs is 1. The molecule has 0 radical (unpaired) electrons. The smallest absolute Gasteiger partial charge is 0.358 e. The lowest BCUT2D eigenvalue weighted by Crippen LogP contribution is -2.21. The number of para-hydroxylation sites is 1. The number of benzene rings is 1. The number of rotatable bonds is 8. The summed E-state index contributed by atoms with van der Waals surface area (Å²) < 4.78 is 14.1. The third kappa shape index (κ3) is 4.65. The summed E-state index contributed by atoms with van der Waals surface area (Å²) in [6.45, 7) is 8.02. The van der Waals surface area contributed by atoms with Crippen LogP contribution in [0.5, 0.6) is 0 Å². The van der Waals surface area contributed by atoms with Gasteiger partial charge in [-0.05, 0) is 12.1 Å². The zero-order valence-corrected chi connectivity index (χ0v) is 18.6. The van der Waals surface area contributed by atoms with E-state index in [1.807, 2.05) is 28.8 Å². The minimum Gasteiger partial charge on any atom is -0.464 e. The van der Waals surface area contributed by atoms with Crippen LogP contribution in [-0.2, 0) is 23.3 Å². The molecule has 2 aromatic heterocycles. The Hall–Kier alpha value is -2.71. The fourth-order valence-corrected chi connectivity index (χ4v) is 3.83. The fourth-order valence-electron chi connectivity index (χ4n) is 3.08. The summed E-state index contributed by atoms with van der Waals surface area (Å²) in [6.07, 6.45) is 3.30. The molecule has 0 bridgehead atoms.